The molecule has 2 heteroatoms. The van der Waals surface area contributed by atoms with Crippen LogP contribution in [-0.4, -0.2) is 10.8 Å². The van der Waals surface area contributed by atoms with Crippen LogP contribution in [0.1, 0.15) is 39.0 Å². The van der Waals surface area contributed by atoms with Crippen LogP contribution in [0, 0.1) is 0 Å². The molecule has 0 fully saturated rings. The highest BCUT2D eigenvalue weighted by Crippen LogP contribution is 2.20. The minimum atomic E-state index is 0.127. The van der Waals surface area contributed by atoms with Gasteiger partial charge in [0.25, 0.3) is 0 Å². The highest BCUT2D eigenvalue weighted by molar-refractivity contribution is 5.77. The maximum absolute atomic E-state index is 10.9. The number of hydrogen-bond donors (Lipinski definition) is 0. The molecule has 0 saturated heterocycles. The van der Waals surface area contributed by atoms with Gasteiger partial charge in [0, 0.05) is 18.3 Å². The number of Topliss-reactive ketones (excluding diaryl/α,β-unsaturated/α-hetero) is 1. The minimum Gasteiger partial charge on any atom is -0.300 e. The number of carbonyl (C=O) groups excluding carboxylic acids is 1. The van der Waals surface area contributed by atoms with E-state index in [4.69, 9.17) is 0 Å². The molecule has 0 radical (unpaired) electrons. The lowest BCUT2D eigenvalue weighted by molar-refractivity contribution is -0.116. The Morgan fingerprint density at radius 2 is 2.00 bits per heavy atom. The summed E-state index contributed by atoms with van der Waals surface area (Å²) in [5.41, 5.74) is 2.18. The number of hydrogen-bond acceptors (Lipinski definition) is 2. The van der Waals surface area contributed by atoms with Gasteiger partial charge in [0.1, 0.15) is 5.78 Å². The molecule has 2 nitrogen and oxygen atoms in total. The first-order valence-corrected chi connectivity index (χ1v) is 4.84. The number of aromatic nitrogens is 1. The fraction of sp³-hybridized carbons (Fsp3) is 0.500. The van der Waals surface area contributed by atoms with E-state index in [1.165, 1.54) is 5.56 Å². The van der Waals surface area contributed by atoms with E-state index in [1.54, 1.807) is 6.92 Å². The predicted octanol–water partition coefficient (Wildman–Crippen LogP) is 2.51. The molecule has 0 atom stereocenters. The molecule has 0 amide bonds. The second-order valence-electron chi connectivity index (χ2n) is 4.67. The molecular formula is C12H17NO. The molecule has 0 bridgehead atoms. The number of rotatable bonds is 2. The van der Waals surface area contributed by atoms with Crippen LogP contribution in [-0.2, 0) is 16.6 Å². The van der Waals surface area contributed by atoms with Crippen molar-refractivity contribution in [1.29, 1.82) is 0 Å². The lowest BCUT2D eigenvalue weighted by Crippen LogP contribution is -2.12. The van der Waals surface area contributed by atoms with Crippen molar-refractivity contribution in [3.63, 3.8) is 0 Å². The van der Waals surface area contributed by atoms with Gasteiger partial charge in [-0.3, -0.25) is 9.78 Å². The molecule has 1 rings (SSSR count). The van der Waals surface area contributed by atoms with E-state index in [-0.39, 0.29) is 11.2 Å². The second-order valence-corrected chi connectivity index (χ2v) is 4.67. The van der Waals surface area contributed by atoms with Crippen LogP contribution in [0.4, 0.5) is 0 Å². The van der Waals surface area contributed by atoms with Crippen LogP contribution in [0.5, 0.6) is 0 Å². The molecule has 0 spiro atoms. The molecule has 0 aromatic carbocycles. The van der Waals surface area contributed by atoms with E-state index in [9.17, 15) is 4.79 Å². The summed E-state index contributed by atoms with van der Waals surface area (Å²) in [6.07, 6.45) is 2.29. The van der Waals surface area contributed by atoms with Gasteiger partial charge in [-0.05, 0) is 24.0 Å². The Morgan fingerprint density at radius 1 is 1.36 bits per heavy atom. The highest BCUT2D eigenvalue weighted by Gasteiger charge is 2.13. The monoisotopic (exact) mass is 191 g/mol. The standard InChI is InChI=1S/C12H17NO/c1-9(14)7-11-6-5-10(8-13-11)12(2,3)4/h5-6,8H,7H2,1-4H3. The van der Waals surface area contributed by atoms with E-state index in [0.29, 0.717) is 6.42 Å². The number of carbonyl (C=O) groups is 1. The Morgan fingerprint density at radius 3 is 2.36 bits per heavy atom. The Bertz CT molecular complexity index is 319. The zero-order valence-electron chi connectivity index (χ0n) is 9.29. The molecular weight excluding hydrogens is 174 g/mol. The second kappa shape index (κ2) is 3.91. The van der Waals surface area contributed by atoms with Crippen molar-refractivity contribution >= 4 is 5.78 Å². The zero-order valence-corrected chi connectivity index (χ0v) is 9.29. The largest absolute Gasteiger partial charge is 0.300 e. The summed E-state index contributed by atoms with van der Waals surface area (Å²) in [5.74, 6) is 0.154. The van der Waals surface area contributed by atoms with Gasteiger partial charge in [-0.1, -0.05) is 26.8 Å². The van der Waals surface area contributed by atoms with Crippen LogP contribution in [0.2, 0.25) is 0 Å². The van der Waals surface area contributed by atoms with Crippen LogP contribution in [0.15, 0.2) is 18.3 Å². The van der Waals surface area contributed by atoms with E-state index < -0.39 is 0 Å². The Kier molecular flexibility index (Phi) is 3.04. The van der Waals surface area contributed by atoms with Gasteiger partial charge >= 0.3 is 0 Å². The van der Waals surface area contributed by atoms with Gasteiger partial charge in [0.15, 0.2) is 0 Å². The molecule has 76 valence electrons. The van der Waals surface area contributed by atoms with Crippen molar-refractivity contribution in [3.05, 3.63) is 29.6 Å². The third-order valence-electron chi connectivity index (χ3n) is 2.12. The minimum absolute atomic E-state index is 0.127. The summed E-state index contributed by atoms with van der Waals surface area (Å²) >= 11 is 0. The molecule has 14 heavy (non-hydrogen) atoms. The van der Waals surface area contributed by atoms with Gasteiger partial charge in [-0.15, -0.1) is 0 Å². The highest BCUT2D eigenvalue weighted by atomic mass is 16.1. The third-order valence-corrected chi connectivity index (χ3v) is 2.12. The van der Waals surface area contributed by atoms with Crippen molar-refractivity contribution in [3.8, 4) is 0 Å². The first-order valence-electron chi connectivity index (χ1n) is 4.84. The maximum Gasteiger partial charge on any atom is 0.135 e. The van der Waals surface area contributed by atoms with Gasteiger partial charge < -0.3 is 0 Å². The van der Waals surface area contributed by atoms with Gasteiger partial charge in [0.05, 0.1) is 0 Å². The smallest absolute Gasteiger partial charge is 0.135 e. The lowest BCUT2D eigenvalue weighted by atomic mass is 9.88. The van der Waals surface area contributed by atoms with Gasteiger partial charge in [-0.25, -0.2) is 0 Å². The number of pyridine rings is 1. The van der Waals surface area contributed by atoms with Crippen LogP contribution < -0.4 is 0 Å². The maximum atomic E-state index is 10.9. The van der Waals surface area contributed by atoms with E-state index in [1.807, 2.05) is 18.3 Å². The van der Waals surface area contributed by atoms with E-state index >= 15 is 0 Å². The first-order chi connectivity index (χ1) is 6.39. The normalized spacial score (nSPS) is 11.4. The van der Waals surface area contributed by atoms with Crippen LogP contribution in [0.25, 0.3) is 0 Å². The summed E-state index contributed by atoms with van der Waals surface area (Å²) < 4.78 is 0. The third kappa shape index (κ3) is 2.95. The summed E-state index contributed by atoms with van der Waals surface area (Å²) in [6.45, 7) is 8.03. The molecule has 1 aromatic rings. The Hall–Kier alpha value is -1.18. The Labute approximate surface area is 85.4 Å². The zero-order chi connectivity index (χ0) is 10.8. The van der Waals surface area contributed by atoms with Gasteiger partial charge in [-0.2, -0.15) is 0 Å². The lowest BCUT2D eigenvalue weighted by Gasteiger charge is -2.18. The van der Waals surface area contributed by atoms with Crippen LogP contribution >= 0.6 is 0 Å². The molecule has 1 heterocycles. The average Bonchev–Trinajstić information content (AvgIpc) is 2.02. The summed E-state index contributed by atoms with van der Waals surface area (Å²) in [6, 6.07) is 3.98. The predicted molar refractivity (Wildman–Crippen MR) is 57.3 cm³/mol. The fourth-order valence-corrected chi connectivity index (χ4v) is 1.23. The van der Waals surface area contributed by atoms with Crippen molar-refractivity contribution in [1.82, 2.24) is 4.98 Å². The first kappa shape index (κ1) is 10.9. The molecule has 0 unspecified atom stereocenters. The van der Waals surface area contributed by atoms with Crippen molar-refractivity contribution in [2.45, 2.75) is 39.5 Å². The number of ketones is 1. The SMILES string of the molecule is CC(=O)Cc1ccc(C(C)(C)C)cn1. The Balaban J connectivity index is 2.84. The quantitative estimate of drug-likeness (QED) is 0.719. The van der Waals surface area contributed by atoms with Crippen LogP contribution in [0.3, 0.4) is 0 Å². The van der Waals surface area contributed by atoms with Crippen molar-refractivity contribution in [2.24, 2.45) is 0 Å². The summed E-state index contributed by atoms with van der Waals surface area (Å²) in [7, 11) is 0. The van der Waals surface area contributed by atoms with Crippen molar-refractivity contribution in [2.75, 3.05) is 0 Å². The fourth-order valence-electron chi connectivity index (χ4n) is 1.23. The van der Waals surface area contributed by atoms with E-state index in [0.717, 1.165) is 5.69 Å². The molecule has 0 aliphatic heterocycles. The molecule has 0 saturated carbocycles. The molecule has 1 aromatic heterocycles. The number of nitrogens with zero attached hydrogens (tertiary/aromatic N) is 1. The molecule has 0 aliphatic rings. The van der Waals surface area contributed by atoms with Crippen molar-refractivity contribution < 1.29 is 4.79 Å². The molecule has 0 aliphatic carbocycles. The summed E-state index contributed by atoms with van der Waals surface area (Å²) in [4.78, 5) is 15.1. The average molecular weight is 191 g/mol. The molecule has 0 N–H and O–H groups in total. The van der Waals surface area contributed by atoms with E-state index in [2.05, 4.69) is 25.8 Å². The topological polar surface area (TPSA) is 30.0 Å². The summed E-state index contributed by atoms with van der Waals surface area (Å²) in [5, 5.41) is 0. The van der Waals surface area contributed by atoms with Gasteiger partial charge in [0.2, 0.25) is 0 Å².